The van der Waals surface area contributed by atoms with Gasteiger partial charge in [-0.1, -0.05) is 0 Å². The molecular weight excluding hydrogens is 214 g/mol. The van der Waals surface area contributed by atoms with Crippen LogP contribution in [0.2, 0.25) is 0 Å². The Hall–Kier alpha value is -2.56. The molecule has 4 aromatic rings. The maximum Gasteiger partial charge on any atom is 0.118 e. The molecular formula is C12H7N5. The first-order valence-corrected chi connectivity index (χ1v) is 5.25. The maximum atomic E-state index is 4.60. The lowest BCUT2D eigenvalue weighted by Crippen LogP contribution is -1.85. The fraction of sp³-hybridized carbons (Fsp3) is 0. The van der Waals surface area contributed by atoms with E-state index in [-0.39, 0.29) is 0 Å². The molecule has 0 bridgehead atoms. The van der Waals surface area contributed by atoms with Gasteiger partial charge in [0.2, 0.25) is 0 Å². The van der Waals surface area contributed by atoms with Gasteiger partial charge in [0.1, 0.15) is 16.6 Å². The van der Waals surface area contributed by atoms with E-state index in [1.165, 1.54) is 0 Å². The zero-order valence-electron chi connectivity index (χ0n) is 8.78. The van der Waals surface area contributed by atoms with Gasteiger partial charge in [0.05, 0.1) is 11.7 Å². The van der Waals surface area contributed by atoms with Crippen molar-refractivity contribution in [3.05, 3.63) is 43.1 Å². The molecule has 4 heterocycles. The van der Waals surface area contributed by atoms with E-state index in [4.69, 9.17) is 0 Å². The molecule has 0 amide bonds. The molecule has 0 saturated heterocycles. The highest BCUT2D eigenvalue weighted by atomic mass is 15.2. The number of pyridine rings is 2. The highest BCUT2D eigenvalue weighted by Crippen LogP contribution is 2.20. The fourth-order valence-electron chi connectivity index (χ4n) is 2.00. The van der Waals surface area contributed by atoms with E-state index >= 15 is 0 Å². The quantitative estimate of drug-likeness (QED) is 0.454. The molecule has 0 spiro atoms. The molecule has 0 aliphatic carbocycles. The van der Waals surface area contributed by atoms with Crippen molar-refractivity contribution in [3.63, 3.8) is 0 Å². The number of hydrogen-bond donors (Lipinski definition) is 0. The lowest BCUT2D eigenvalue weighted by molar-refractivity contribution is 0.964. The summed E-state index contributed by atoms with van der Waals surface area (Å²) in [5, 5.41) is 5.45. The molecule has 0 unspecified atom stereocenters. The number of hydrogen-bond acceptors (Lipinski definition) is 4. The van der Waals surface area contributed by atoms with E-state index in [2.05, 4.69) is 20.1 Å². The predicted octanol–water partition coefficient (Wildman–Crippen LogP) is 1.83. The SMILES string of the molecule is c1cc2nc3c(cc2cn1)nn1ccncc31. The topological polar surface area (TPSA) is 56.0 Å². The summed E-state index contributed by atoms with van der Waals surface area (Å²) in [7, 11) is 0. The van der Waals surface area contributed by atoms with Crippen LogP contribution in [0.25, 0.3) is 27.5 Å². The molecule has 0 fully saturated rings. The monoisotopic (exact) mass is 221 g/mol. The van der Waals surface area contributed by atoms with E-state index in [1.54, 1.807) is 29.3 Å². The molecule has 0 aliphatic heterocycles. The minimum Gasteiger partial charge on any atom is -0.264 e. The van der Waals surface area contributed by atoms with Gasteiger partial charge in [-0.15, -0.1) is 0 Å². The fourth-order valence-corrected chi connectivity index (χ4v) is 2.00. The Morgan fingerprint density at radius 2 is 1.94 bits per heavy atom. The molecule has 0 radical (unpaired) electrons. The van der Waals surface area contributed by atoms with Crippen LogP contribution in [0.5, 0.6) is 0 Å². The average molecular weight is 221 g/mol. The molecule has 0 N–H and O–H groups in total. The number of fused-ring (bicyclic) bond motifs is 4. The van der Waals surface area contributed by atoms with E-state index in [9.17, 15) is 0 Å². The molecule has 4 aromatic heterocycles. The second-order valence-corrected chi connectivity index (χ2v) is 3.83. The minimum absolute atomic E-state index is 0.860. The van der Waals surface area contributed by atoms with E-state index < -0.39 is 0 Å². The smallest absolute Gasteiger partial charge is 0.118 e. The Labute approximate surface area is 95.8 Å². The van der Waals surface area contributed by atoms with E-state index in [0.717, 1.165) is 27.5 Å². The van der Waals surface area contributed by atoms with Crippen molar-refractivity contribution >= 4 is 27.5 Å². The average Bonchev–Trinajstić information content (AvgIpc) is 2.73. The first kappa shape index (κ1) is 8.58. The summed E-state index contributed by atoms with van der Waals surface area (Å²) in [6.07, 6.45) is 8.84. The second-order valence-electron chi connectivity index (χ2n) is 3.83. The van der Waals surface area contributed by atoms with Crippen LogP contribution in [0.1, 0.15) is 0 Å². The lowest BCUT2D eigenvalue weighted by atomic mass is 10.2. The second kappa shape index (κ2) is 2.98. The minimum atomic E-state index is 0.860. The number of nitrogens with zero attached hydrogens (tertiary/aromatic N) is 5. The predicted molar refractivity (Wildman–Crippen MR) is 63.6 cm³/mol. The van der Waals surface area contributed by atoms with Crippen molar-refractivity contribution in [3.8, 4) is 0 Å². The third kappa shape index (κ3) is 1.13. The third-order valence-corrected chi connectivity index (χ3v) is 2.79. The van der Waals surface area contributed by atoms with Crippen LogP contribution < -0.4 is 0 Å². The van der Waals surface area contributed by atoms with Crippen LogP contribution in [0.4, 0.5) is 0 Å². The van der Waals surface area contributed by atoms with Crippen LogP contribution in [-0.4, -0.2) is 24.6 Å². The lowest BCUT2D eigenvalue weighted by Gasteiger charge is -1.95. The Balaban J connectivity index is 2.28. The van der Waals surface area contributed by atoms with Gasteiger partial charge in [0, 0.05) is 30.2 Å². The van der Waals surface area contributed by atoms with E-state index in [1.807, 2.05) is 18.3 Å². The van der Waals surface area contributed by atoms with Crippen LogP contribution in [0.15, 0.2) is 43.1 Å². The van der Waals surface area contributed by atoms with Crippen molar-refractivity contribution in [1.82, 2.24) is 24.6 Å². The summed E-state index contributed by atoms with van der Waals surface area (Å²) >= 11 is 0. The van der Waals surface area contributed by atoms with Gasteiger partial charge in [-0.3, -0.25) is 9.97 Å². The van der Waals surface area contributed by atoms with E-state index in [0.29, 0.717) is 0 Å². The van der Waals surface area contributed by atoms with Crippen LogP contribution in [-0.2, 0) is 0 Å². The van der Waals surface area contributed by atoms with Crippen molar-refractivity contribution in [1.29, 1.82) is 0 Å². The number of aromatic nitrogens is 5. The molecule has 0 saturated carbocycles. The summed E-state index contributed by atoms with van der Waals surface area (Å²) < 4.78 is 1.79. The van der Waals surface area contributed by atoms with Gasteiger partial charge in [0.15, 0.2) is 0 Å². The van der Waals surface area contributed by atoms with Crippen LogP contribution in [0, 0.1) is 0 Å². The van der Waals surface area contributed by atoms with Crippen molar-refractivity contribution in [2.45, 2.75) is 0 Å². The standard InChI is InChI=1S/C12H7N5/c1-2-13-6-8-5-10-12(15-9(1)8)11-7-14-3-4-17(11)16-10/h1-7H. The van der Waals surface area contributed by atoms with Crippen molar-refractivity contribution < 1.29 is 0 Å². The van der Waals surface area contributed by atoms with Gasteiger partial charge in [-0.25, -0.2) is 9.50 Å². The molecule has 0 atom stereocenters. The molecule has 0 aliphatic rings. The van der Waals surface area contributed by atoms with Gasteiger partial charge in [-0.05, 0) is 12.1 Å². The highest BCUT2D eigenvalue weighted by molar-refractivity contribution is 5.97. The van der Waals surface area contributed by atoms with Crippen LogP contribution in [0.3, 0.4) is 0 Å². The van der Waals surface area contributed by atoms with Gasteiger partial charge in [-0.2, -0.15) is 5.10 Å². The first-order chi connectivity index (χ1) is 8.42. The van der Waals surface area contributed by atoms with Gasteiger partial charge >= 0.3 is 0 Å². The zero-order chi connectivity index (χ0) is 11.2. The Kier molecular flexibility index (Phi) is 1.50. The molecule has 5 heteroatoms. The highest BCUT2D eigenvalue weighted by Gasteiger charge is 2.07. The maximum absolute atomic E-state index is 4.60. The molecule has 5 nitrogen and oxygen atoms in total. The molecule has 17 heavy (non-hydrogen) atoms. The largest absolute Gasteiger partial charge is 0.264 e. The van der Waals surface area contributed by atoms with Gasteiger partial charge < -0.3 is 0 Å². The molecule has 80 valence electrons. The Morgan fingerprint density at radius 1 is 1.00 bits per heavy atom. The van der Waals surface area contributed by atoms with Crippen LogP contribution >= 0.6 is 0 Å². The van der Waals surface area contributed by atoms with Crippen molar-refractivity contribution in [2.75, 3.05) is 0 Å². The summed E-state index contributed by atoms with van der Waals surface area (Å²) in [6, 6.07) is 3.90. The molecule has 4 rings (SSSR count). The summed E-state index contributed by atoms with van der Waals surface area (Å²) in [5.74, 6) is 0. The molecule has 0 aromatic carbocycles. The normalized spacial score (nSPS) is 11.5. The van der Waals surface area contributed by atoms with Gasteiger partial charge in [0.25, 0.3) is 0 Å². The number of rotatable bonds is 0. The Morgan fingerprint density at radius 3 is 2.94 bits per heavy atom. The van der Waals surface area contributed by atoms with Crippen molar-refractivity contribution in [2.24, 2.45) is 0 Å². The first-order valence-electron chi connectivity index (χ1n) is 5.25. The summed E-state index contributed by atoms with van der Waals surface area (Å²) in [6.45, 7) is 0. The zero-order valence-corrected chi connectivity index (χ0v) is 8.78. The Bertz CT molecular complexity index is 843. The summed E-state index contributed by atoms with van der Waals surface area (Å²) in [5.41, 5.74) is 3.57. The summed E-state index contributed by atoms with van der Waals surface area (Å²) in [4.78, 5) is 12.8. The third-order valence-electron chi connectivity index (χ3n) is 2.79.